The summed E-state index contributed by atoms with van der Waals surface area (Å²) in [5, 5.41) is 0. The quantitative estimate of drug-likeness (QED) is 0.394. The summed E-state index contributed by atoms with van der Waals surface area (Å²) in [6.07, 6.45) is 4.96. The van der Waals surface area contributed by atoms with Gasteiger partial charge in [0.15, 0.2) is 0 Å². The Labute approximate surface area is 160 Å². The van der Waals surface area contributed by atoms with Crippen LogP contribution >= 0.6 is 0 Å². The predicted molar refractivity (Wildman–Crippen MR) is 104 cm³/mol. The van der Waals surface area contributed by atoms with Crippen molar-refractivity contribution in [2.45, 2.75) is 39.8 Å². The molecule has 0 aliphatic rings. The Morgan fingerprint density at radius 2 is 1.32 bits per heavy atom. The minimum Gasteiger partial charge on any atom is -0.303 e. The number of aldehydes is 1. The van der Waals surface area contributed by atoms with Gasteiger partial charge >= 0.3 is 11.4 Å². The van der Waals surface area contributed by atoms with Crippen molar-refractivity contribution in [1.29, 1.82) is 0 Å². The van der Waals surface area contributed by atoms with Crippen LogP contribution in [0.2, 0.25) is 0 Å². The van der Waals surface area contributed by atoms with Gasteiger partial charge in [0, 0.05) is 56.1 Å². The predicted octanol–water partition coefficient (Wildman–Crippen LogP) is -1.02. The van der Waals surface area contributed by atoms with E-state index in [-0.39, 0.29) is 0 Å². The van der Waals surface area contributed by atoms with Crippen LogP contribution in [-0.4, -0.2) is 49.9 Å². The molecule has 0 spiro atoms. The molecule has 28 heavy (non-hydrogen) atoms. The van der Waals surface area contributed by atoms with Crippen molar-refractivity contribution in [3.63, 3.8) is 0 Å². The molecule has 2 aromatic heterocycles. The second-order valence-electron chi connectivity index (χ2n) is 6.68. The van der Waals surface area contributed by atoms with E-state index >= 15 is 0 Å². The lowest BCUT2D eigenvalue weighted by Gasteiger charge is -2.23. The Kier molecular flexibility index (Phi) is 7.44. The molecule has 0 radical (unpaired) electrons. The highest BCUT2D eigenvalue weighted by Gasteiger charge is 2.09. The number of hydrogen-bond donors (Lipinski definition) is 2. The third kappa shape index (κ3) is 5.74. The van der Waals surface area contributed by atoms with Crippen LogP contribution < -0.4 is 22.5 Å². The molecule has 2 N–H and O–H groups in total. The van der Waals surface area contributed by atoms with E-state index in [1.54, 1.807) is 13.8 Å². The Morgan fingerprint density at radius 1 is 0.857 bits per heavy atom. The first kappa shape index (κ1) is 21.3. The average molecular weight is 391 g/mol. The highest BCUT2D eigenvalue weighted by Crippen LogP contribution is 1.98. The summed E-state index contributed by atoms with van der Waals surface area (Å²) >= 11 is 0. The molecule has 2 aromatic rings. The number of nitrogens with zero attached hydrogens (tertiary/aromatic N) is 3. The van der Waals surface area contributed by atoms with Crippen LogP contribution in [0.1, 0.15) is 24.0 Å². The number of H-pyrrole nitrogens is 2. The fourth-order valence-corrected chi connectivity index (χ4v) is 2.80. The number of carbonyl (C=O) groups excluding carboxylic acids is 1. The largest absolute Gasteiger partial charge is 0.328 e. The first-order chi connectivity index (χ1) is 13.3. The van der Waals surface area contributed by atoms with Crippen molar-refractivity contribution >= 4 is 6.29 Å². The maximum atomic E-state index is 11.9. The fraction of sp³-hybridized carbons (Fsp3) is 0.500. The molecule has 0 aliphatic carbocycles. The number of aryl methyl sites for hydroxylation is 2. The van der Waals surface area contributed by atoms with E-state index in [4.69, 9.17) is 0 Å². The van der Waals surface area contributed by atoms with Crippen molar-refractivity contribution in [3.8, 4) is 0 Å². The van der Waals surface area contributed by atoms with E-state index in [1.165, 1.54) is 21.5 Å². The van der Waals surface area contributed by atoms with E-state index in [2.05, 4.69) is 9.97 Å². The molecule has 2 rings (SSSR count). The van der Waals surface area contributed by atoms with Crippen LogP contribution in [0.5, 0.6) is 0 Å². The van der Waals surface area contributed by atoms with E-state index in [1.807, 2.05) is 4.90 Å². The molecule has 0 amide bonds. The lowest BCUT2D eigenvalue weighted by atomic mass is 10.3. The maximum absolute atomic E-state index is 11.9. The zero-order chi connectivity index (χ0) is 20.7. The number of carbonyl (C=O) groups is 1. The summed E-state index contributed by atoms with van der Waals surface area (Å²) in [5.41, 5.74) is -0.870. The third-order valence-corrected chi connectivity index (χ3v) is 4.49. The molecule has 0 atom stereocenters. The van der Waals surface area contributed by atoms with Gasteiger partial charge in [0.05, 0.1) is 0 Å². The first-order valence-electron chi connectivity index (χ1n) is 9.08. The molecule has 0 fully saturated rings. The van der Waals surface area contributed by atoms with Crippen LogP contribution in [0.15, 0.2) is 31.6 Å². The number of unbranched alkanes of at least 4 members (excludes halogenated alkanes) is 1. The van der Waals surface area contributed by atoms with Gasteiger partial charge in [-0.05, 0) is 26.8 Å². The zero-order valence-electron chi connectivity index (χ0n) is 16.1. The Bertz CT molecular complexity index is 968. The van der Waals surface area contributed by atoms with E-state index in [0.29, 0.717) is 56.7 Å². The molecule has 152 valence electrons. The molecular weight excluding hydrogens is 366 g/mol. The van der Waals surface area contributed by atoms with E-state index < -0.39 is 22.5 Å². The number of aromatic nitrogens is 4. The Morgan fingerprint density at radius 3 is 1.75 bits per heavy atom. The summed E-state index contributed by atoms with van der Waals surface area (Å²) in [7, 11) is 0. The van der Waals surface area contributed by atoms with Gasteiger partial charge in [-0.2, -0.15) is 0 Å². The number of rotatable bonds is 10. The Balaban J connectivity index is 2.08. The van der Waals surface area contributed by atoms with E-state index in [9.17, 15) is 24.0 Å². The van der Waals surface area contributed by atoms with Gasteiger partial charge in [-0.1, -0.05) is 0 Å². The van der Waals surface area contributed by atoms with Gasteiger partial charge in [0.2, 0.25) is 0 Å². The van der Waals surface area contributed by atoms with Crippen LogP contribution in [-0.2, 0) is 17.9 Å². The van der Waals surface area contributed by atoms with Crippen molar-refractivity contribution in [1.82, 2.24) is 24.0 Å². The van der Waals surface area contributed by atoms with Crippen molar-refractivity contribution in [2.75, 3.05) is 19.6 Å². The van der Waals surface area contributed by atoms with Gasteiger partial charge in [0.25, 0.3) is 11.1 Å². The van der Waals surface area contributed by atoms with Crippen molar-refractivity contribution < 1.29 is 4.79 Å². The normalized spacial score (nSPS) is 11.1. The lowest BCUT2D eigenvalue weighted by Crippen LogP contribution is -2.38. The molecule has 0 aliphatic heterocycles. The van der Waals surface area contributed by atoms with Crippen LogP contribution in [0.3, 0.4) is 0 Å². The summed E-state index contributed by atoms with van der Waals surface area (Å²) in [6, 6.07) is 0. The van der Waals surface area contributed by atoms with Crippen LogP contribution in [0.25, 0.3) is 0 Å². The van der Waals surface area contributed by atoms with Gasteiger partial charge in [-0.25, -0.2) is 9.59 Å². The summed E-state index contributed by atoms with van der Waals surface area (Å²) in [6.45, 7) is 5.59. The van der Waals surface area contributed by atoms with Gasteiger partial charge < -0.3 is 4.79 Å². The zero-order valence-corrected chi connectivity index (χ0v) is 16.1. The number of nitrogens with one attached hydrogen (secondary N) is 2. The van der Waals surface area contributed by atoms with E-state index in [0.717, 1.165) is 6.29 Å². The molecule has 0 unspecified atom stereocenters. The minimum atomic E-state index is -0.476. The molecule has 0 saturated carbocycles. The topological polar surface area (TPSA) is 130 Å². The monoisotopic (exact) mass is 391 g/mol. The molecular formula is C18H25N5O5. The first-order valence-corrected chi connectivity index (χ1v) is 9.08. The second kappa shape index (κ2) is 9.79. The number of hydrogen-bond acceptors (Lipinski definition) is 6. The third-order valence-electron chi connectivity index (χ3n) is 4.49. The summed E-state index contributed by atoms with van der Waals surface area (Å²) < 4.78 is 2.86. The maximum Gasteiger partial charge on any atom is 0.328 e. The lowest BCUT2D eigenvalue weighted by molar-refractivity contribution is -0.108. The smallest absolute Gasteiger partial charge is 0.303 e. The van der Waals surface area contributed by atoms with Crippen LogP contribution in [0.4, 0.5) is 0 Å². The highest BCUT2D eigenvalue weighted by atomic mass is 16.2. The minimum absolute atomic E-state index is 0.358. The standard InChI is InChI=1S/C18H25N5O5/c1-13-11-22(17(27)19-15(13)25)8-6-21(5-3-4-10-24)7-9-23-12-14(2)16(26)20-18(23)28/h10-12H,3-9H2,1-2H3,(H,19,25,27)(H,20,26,28). The highest BCUT2D eigenvalue weighted by molar-refractivity contribution is 5.48. The van der Waals surface area contributed by atoms with Gasteiger partial charge in [-0.15, -0.1) is 0 Å². The van der Waals surface area contributed by atoms with Crippen molar-refractivity contribution in [2.24, 2.45) is 0 Å². The molecule has 2 heterocycles. The summed E-state index contributed by atoms with van der Waals surface area (Å²) in [5.74, 6) is 0. The SMILES string of the molecule is Cc1cn(CCN(CCCC=O)CCn2cc(C)c(=O)[nH]c2=O)c(=O)[nH]c1=O. The second-order valence-corrected chi connectivity index (χ2v) is 6.68. The molecule has 0 aromatic carbocycles. The Hall–Kier alpha value is -3.01. The molecule has 10 nitrogen and oxygen atoms in total. The van der Waals surface area contributed by atoms with Gasteiger partial charge in [0.1, 0.15) is 6.29 Å². The van der Waals surface area contributed by atoms with Crippen LogP contribution in [0, 0.1) is 13.8 Å². The molecule has 0 bridgehead atoms. The van der Waals surface area contributed by atoms with Crippen molar-refractivity contribution in [3.05, 3.63) is 65.2 Å². The average Bonchev–Trinajstić information content (AvgIpc) is 2.64. The molecule has 10 heteroatoms. The molecule has 0 saturated heterocycles. The fourth-order valence-electron chi connectivity index (χ4n) is 2.80. The number of aromatic amines is 2. The summed E-state index contributed by atoms with van der Waals surface area (Å²) in [4.78, 5) is 64.0. The van der Waals surface area contributed by atoms with Gasteiger partial charge in [-0.3, -0.25) is 33.6 Å².